The first-order valence-corrected chi connectivity index (χ1v) is 16.5. The van der Waals surface area contributed by atoms with E-state index in [0.717, 1.165) is 22.8 Å². The van der Waals surface area contributed by atoms with Crippen molar-refractivity contribution in [3.63, 3.8) is 0 Å². The van der Waals surface area contributed by atoms with Gasteiger partial charge < -0.3 is 14.7 Å². The second kappa shape index (κ2) is 20.5. The van der Waals surface area contributed by atoms with Crippen LogP contribution in [0, 0.1) is 5.92 Å². The van der Waals surface area contributed by atoms with Gasteiger partial charge in [0.25, 0.3) is 0 Å². The van der Waals surface area contributed by atoms with Crippen LogP contribution >= 0.6 is 36.2 Å². The maximum Gasteiger partial charge on any atom is 0.320 e. The molecule has 0 aliphatic heterocycles. The van der Waals surface area contributed by atoms with Crippen molar-refractivity contribution in [2.45, 2.75) is 92.3 Å². The monoisotopic (exact) mass is 679 g/mol. The number of carbonyl (C=O) groups is 2. The number of rotatable bonds is 18. The van der Waals surface area contributed by atoms with Gasteiger partial charge >= 0.3 is 11.9 Å². The Hall–Kier alpha value is -2.65. The number of carbonyl (C=O) groups excluding carboxylic acids is 1. The third-order valence-corrected chi connectivity index (χ3v) is 8.23. The summed E-state index contributed by atoms with van der Waals surface area (Å²) in [6, 6.07) is 18.0. The molecule has 0 unspecified atom stereocenters. The molecule has 0 saturated heterocycles. The molecule has 1 N–H and O–H groups in total. The molecule has 250 valence electrons. The van der Waals surface area contributed by atoms with Crippen molar-refractivity contribution in [3.8, 4) is 11.3 Å². The lowest BCUT2D eigenvalue weighted by atomic mass is 9.90. The van der Waals surface area contributed by atoms with E-state index in [-0.39, 0.29) is 50.4 Å². The van der Waals surface area contributed by atoms with E-state index in [2.05, 4.69) is 81.1 Å². The molecule has 0 atom stereocenters. The number of carboxylic acids is 1. The van der Waals surface area contributed by atoms with Crippen molar-refractivity contribution in [3.05, 3.63) is 70.0 Å². The normalized spacial score (nSPS) is 11.1. The van der Waals surface area contributed by atoms with Crippen LogP contribution in [0.25, 0.3) is 11.3 Å². The molecule has 0 bridgehead atoms. The van der Waals surface area contributed by atoms with E-state index < -0.39 is 11.9 Å². The Labute approximate surface area is 286 Å². The minimum Gasteiger partial charge on any atom is -0.480 e. The van der Waals surface area contributed by atoms with Gasteiger partial charge in [-0.1, -0.05) is 76.9 Å². The quantitative estimate of drug-likeness (QED) is 0.135. The maximum absolute atomic E-state index is 12.2. The van der Waals surface area contributed by atoms with E-state index in [1.54, 1.807) is 4.90 Å². The Morgan fingerprint density at radius 2 is 1.51 bits per heavy atom. The molecular formula is C35H51Cl2N3O4S. The molecule has 0 radical (unpaired) electrons. The summed E-state index contributed by atoms with van der Waals surface area (Å²) in [6.45, 7) is 14.0. The van der Waals surface area contributed by atoms with Crippen molar-refractivity contribution in [2.75, 3.05) is 24.6 Å². The maximum atomic E-state index is 12.2. The summed E-state index contributed by atoms with van der Waals surface area (Å²) in [5.74, 6) is -0.557. The molecule has 10 heteroatoms. The standard InChI is InChI=1S/C35H49N3O4S.2ClH/c1-7-9-28(10-8-2)29-15-17-31(18-16-29)38(26(5)6)19-27-11-13-30(14-12-27)32-24-43-33(36-32)20-37(21-34(39)40)22-35(41)42-23-25(3)4;;/h11-18,24-26,28H,7-10,19-23H2,1-6H3,(H,39,40);2*1H. The highest BCUT2D eigenvalue weighted by atomic mass is 35.5. The first-order valence-electron chi connectivity index (χ1n) is 15.6. The Kier molecular flexibility index (Phi) is 18.4. The van der Waals surface area contributed by atoms with Gasteiger partial charge in [0.05, 0.1) is 31.9 Å². The van der Waals surface area contributed by atoms with E-state index >= 15 is 0 Å². The van der Waals surface area contributed by atoms with Crippen LogP contribution in [0.3, 0.4) is 0 Å². The SMILES string of the molecule is CCCC(CCC)c1ccc(N(Cc2ccc(-c3csc(CN(CC(=O)O)CC(=O)OCC(C)C)n3)cc2)C(C)C)cc1.Cl.Cl. The summed E-state index contributed by atoms with van der Waals surface area (Å²) in [7, 11) is 0. The van der Waals surface area contributed by atoms with Gasteiger partial charge in [0.2, 0.25) is 0 Å². The van der Waals surface area contributed by atoms with Gasteiger partial charge in [-0.15, -0.1) is 36.2 Å². The largest absolute Gasteiger partial charge is 0.480 e. The van der Waals surface area contributed by atoms with Crippen LogP contribution in [0.4, 0.5) is 5.69 Å². The molecule has 3 aromatic rings. The van der Waals surface area contributed by atoms with Crippen molar-refractivity contribution < 1.29 is 19.4 Å². The minimum atomic E-state index is -0.993. The summed E-state index contributed by atoms with van der Waals surface area (Å²) in [5, 5.41) is 12.1. The van der Waals surface area contributed by atoms with Crippen LogP contribution in [0.5, 0.6) is 0 Å². The lowest BCUT2D eigenvalue weighted by Gasteiger charge is -2.30. The fourth-order valence-corrected chi connectivity index (χ4v) is 6.06. The molecule has 1 heterocycles. The molecular weight excluding hydrogens is 629 g/mol. The zero-order valence-electron chi connectivity index (χ0n) is 27.5. The van der Waals surface area contributed by atoms with Gasteiger partial charge in [0.1, 0.15) is 5.01 Å². The van der Waals surface area contributed by atoms with Crippen LogP contribution in [-0.4, -0.2) is 52.7 Å². The van der Waals surface area contributed by atoms with Crippen molar-refractivity contribution >= 4 is 53.8 Å². The van der Waals surface area contributed by atoms with Crippen LogP contribution < -0.4 is 4.90 Å². The number of carboxylic acid groups (broad SMARTS) is 1. The molecule has 0 fully saturated rings. The zero-order chi connectivity index (χ0) is 31.4. The minimum absolute atomic E-state index is 0. The van der Waals surface area contributed by atoms with E-state index in [1.807, 2.05) is 19.2 Å². The lowest BCUT2D eigenvalue weighted by molar-refractivity contribution is -0.147. The topological polar surface area (TPSA) is 83.0 Å². The summed E-state index contributed by atoms with van der Waals surface area (Å²) < 4.78 is 5.25. The Morgan fingerprint density at radius 3 is 2.04 bits per heavy atom. The summed E-state index contributed by atoms with van der Waals surface area (Å²) >= 11 is 1.46. The first kappa shape index (κ1) is 40.4. The van der Waals surface area contributed by atoms with Gasteiger partial charge in [-0.2, -0.15) is 0 Å². The predicted molar refractivity (Wildman–Crippen MR) is 191 cm³/mol. The van der Waals surface area contributed by atoms with E-state index in [0.29, 0.717) is 18.6 Å². The average Bonchev–Trinajstić information content (AvgIpc) is 3.43. The number of nitrogens with zero attached hydrogens (tertiary/aromatic N) is 3. The molecule has 7 nitrogen and oxygen atoms in total. The number of thiazole rings is 1. The summed E-state index contributed by atoms with van der Waals surface area (Å²) in [6.07, 6.45) is 4.89. The smallest absolute Gasteiger partial charge is 0.320 e. The average molecular weight is 681 g/mol. The molecule has 3 rings (SSSR count). The van der Waals surface area contributed by atoms with E-state index in [9.17, 15) is 14.7 Å². The highest BCUT2D eigenvalue weighted by Crippen LogP contribution is 2.30. The van der Waals surface area contributed by atoms with Crippen molar-refractivity contribution in [1.29, 1.82) is 0 Å². The van der Waals surface area contributed by atoms with Crippen LogP contribution in [0.1, 0.15) is 89.3 Å². The molecule has 0 aliphatic rings. The third kappa shape index (κ3) is 13.3. The number of benzene rings is 2. The molecule has 45 heavy (non-hydrogen) atoms. The number of aliphatic carboxylic acids is 1. The first-order chi connectivity index (χ1) is 20.6. The van der Waals surface area contributed by atoms with E-state index in [1.165, 1.54) is 53.8 Å². The third-order valence-electron chi connectivity index (χ3n) is 7.40. The van der Waals surface area contributed by atoms with Gasteiger partial charge in [-0.3, -0.25) is 14.5 Å². The summed E-state index contributed by atoms with van der Waals surface area (Å²) in [4.78, 5) is 32.3. The number of halogens is 2. The fraction of sp³-hybridized carbons (Fsp3) is 0.514. The van der Waals surface area contributed by atoms with Crippen LogP contribution in [0.15, 0.2) is 53.9 Å². The van der Waals surface area contributed by atoms with Gasteiger partial charge in [0, 0.05) is 29.2 Å². The molecule has 0 aliphatic carbocycles. The number of aromatic nitrogens is 1. The Morgan fingerprint density at radius 1 is 0.889 bits per heavy atom. The molecule has 0 amide bonds. The molecule has 0 saturated carbocycles. The zero-order valence-corrected chi connectivity index (χ0v) is 30.0. The molecule has 0 spiro atoms. The van der Waals surface area contributed by atoms with Gasteiger partial charge in [-0.05, 0) is 61.8 Å². The number of hydrogen-bond donors (Lipinski definition) is 1. The van der Waals surface area contributed by atoms with Gasteiger partial charge in [-0.25, -0.2) is 4.98 Å². The number of ether oxygens (including phenoxy) is 1. The van der Waals surface area contributed by atoms with Crippen LogP contribution in [-0.2, 0) is 27.4 Å². The lowest BCUT2D eigenvalue weighted by Crippen LogP contribution is -2.35. The predicted octanol–water partition coefficient (Wildman–Crippen LogP) is 8.84. The molecule has 1 aromatic heterocycles. The van der Waals surface area contributed by atoms with Gasteiger partial charge in [0.15, 0.2) is 0 Å². The number of anilines is 1. The molecule has 2 aromatic carbocycles. The second-order valence-corrected chi connectivity index (χ2v) is 13.0. The number of esters is 1. The number of hydrogen-bond acceptors (Lipinski definition) is 7. The van der Waals surface area contributed by atoms with Crippen LogP contribution in [0.2, 0.25) is 0 Å². The summed E-state index contributed by atoms with van der Waals surface area (Å²) in [5.41, 5.74) is 5.75. The second-order valence-electron chi connectivity index (χ2n) is 12.0. The highest BCUT2D eigenvalue weighted by molar-refractivity contribution is 7.09. The fourth-order valence-electron chi connectivity index (χ4n) is 5.22. The van der Waals surface area contributed by atoms with Crippen molar-refractivity contribution in [1.82, 2.24) is 9.88 Å². The van der Waals surface area contributed by atoms with E-state index in [4.69, 9.17) is 9.72 Å². The highest BCUT2D eigenvalue weighted by Gasteiger charge is 2.18. The van der Waals surface area contributed by atoms with Crippen molar-refractivity contribution in [2.24, 2.45) is 5.92 Å². The Bertz CT molecular complexity index is 1280. The Balaban J connectivity index is 0.00000506.